The molecule has 0 saturated carbocycles. The van der Waals surface area contributed by atoms with Crippen LogP contribution in [-0.4, -0.2) is 24.5 Å². The van der Waals surface area contributed by atoms with Gasteiger partial charge in [-0.1, -0.05) is 134 Å². The van der Waals surface area contributed by atoms with E-state index in [1.165, 1.54) is 141 Å². The van der Waals surface area contributed by atoms with Gasteiger partial charge in [-0.15, -0.1) is 0 Å². The molecule has 0 fully saturated rings. The molecular weight excluding hydrogens is 362 g/mol. The standard InChI is InChI=1S/C29H53N/c1-3-5-6-7-16-22-27-30(4-2)28-23-17-14-12-10-8-9-11-13-15-19-24-29-25-20-18-21-26-29/h18,20-21,25-26H,3-17,19,22-24,27-28H2,1-2H3. The summed E-state index contributed by atoms with van der Waals surface area (Å²) in [4.78, 5) is 2.68. The van der Waals surface area contributed by atoms with Crippen LogP contribution >= 0.6 is 0 Å². The Hall–Kier alpha value is -0.820. The van der Waals surface area contributed by atoms with Crippen molar-refractivity contribution in [2.24, 2.45) is 0 Å². The molecule has 0 atom stereocenters. The van der Waals surface area contributed by atoms with Crippen molar-refractivity contribution >= 4 is 0 Å². The molecule has 30 heavy (non-hydrogen) atoms. The summed E-state index contributed by atoms with van der Waals surface area (Å²) >= 11 is 0. The van der Waals surface area contributed by atoms with Crippen molar-refractivity contribution in [1.29, 1.82) is 0 Å². The highest BCUT2D eigenvalue weighted by Crippen LogP contribution is 2.13. The summed E-state index contributed by atoms with van der Waals surface area (Å²) in [5.41, 5.74) is 1.50. The lowest BCUT2D eigenvalue weighted by Gasteiger charge is -2.20. The second kappa shape index (κ2) is 21.4. The van der Waals surface area contributed by atoms with Crippen molar-refractivity contribution in [3.63, 3.8) is 0 Å². The average molecular weight is 416 g/mol. The number of benzene rings is 1. The summed E-state index contributed by atoms with van der Waals surface area (Å²) in [5.74, 6) is 0. The lowest BCUT2D eigenvalue weighted by Crippen LogP contribution is -2.25. The molecule has 1 aromatic carbocycles. The Bertz CT molecular complexity index is 441. The van der Waals surface area contributed by atoms with Crippen LogP contribution in [0.1, 0.15) is 129 Å². The van der Waals surface area contributed by atoms with Crippen LogP contribution in [0.5, 0.6) is 0 Å². The smallest absolute Gasteiger partial charge is 0.00189 e. The van der Waals surface area contributed by atoms with Gasteiger partial charge in [-0.2, -0.15) is 0 Å². The molecule has 0 spiro atoms. The molecule has 0 heterocycles. The van der Waals surface area contributed by atoms with Crippen molar-refractivity contribution in [2.45, 2.75) is 129 Å². The largest absolute Gasteiger partial charge is 0.304 e. The van der Waals surface area contributed by atoms with Crippen LogP contribution < -0.4 is 0 Å². The first-order valence-electron chi connectivity index (χ1n) is 13.6. The van der Waals surface area contributed by atoms with Crippen LogP contribution in [0.4, 0.5) is 0 Å². The van der Waals surface area contributed by atoms with E-state index in [9.17, 15) is 0 Å². The highest BCUT2D eigenvalue weighted by Gasteiger charge is 2.02. The second-order valence-electron chi connectivity index (χ2n) is 9.33. The molecule has 1 aromatic rings. The van der Waals surface area contributed by atoms with Crippen LogP contribution in [-0.2, 0) is 6.42 Å². The fourth-order valence-electron chi connectivity index (χ4n) is 4.44. The van der Waals surface area contributed by atoms with E-state index in [0.29, 0.717) is 0 Å². The molecule has 1 rings (SSSR count). The zero-order chi connectivity index (χ0) is 21.5. The van der Waals surface area contributed by atoms with Gasteiger partial charge in [0, 0.05) is 0 Å². The number of aryl methyl sites for hydroxylation is 1. The highest BCUT2D eigenvalue weighted by atomic mass is 15.1. The van der Waals surface area contributed by atoms with E-state index in [4.69, 9.17) is 0 Å². The van der Waals surface area contributed by atoms with Crippen molar-refractivity contribution in [1.82, 2.24) is 4.90 Å². The first kappa shape index (κ1) is 27.2. The molecule has 1 nitrogen and oxygen atoms in total. The average Bonchev–Trinajstić information content (AvgIpc) is 2.78. The summed E-state index contributed by atoms with van der Waals surface area (Å²) in [6.45, 7) is 8.52. The molecule has 0 unspecified atom stereocenters. The molecule has 0 aromatic heterocycles. The molecule has 0 aliphatic heterocycles. The Balaban J connectivity index is 1.78. The van der Waals surface area contributed by atoms with E-state index in [1.807, 2.05) is 0 Å². The predicted octanol–water partition coefficient (Wildman–Crippen LogP) is 9.20. The van der Waals surface area contributed by atoms with E-state index < -0.39 is 0 Å². The molecular formula is C29H53N. The van der Waals surface area contributed by atoms with E-state index in [-0.39, 0.29) is 0 Å². The first-order chi connectivity index (χ1) is 14.9. The Morgan fingerprint density at radius 3 is 1.40 bits per heavy atom. The van der Waals surface area contributed by atoms with Crippen LogP contribution in [0.3, 0.4) is 0 Å². The number of rotatable bonds is 22. The maximum Gasteiger partial charge on any atom is -0.00189 e. The summed E-state index contributed by atoms with van der Waals surface area (Å²) < 4.78 is 0. The van der Waals surface area contributed by atoms with Crippen molar-refractivity contribution < 1.29 is 0 Å². The second-order valence-corrected chi connectivity index (χ2v) is 9.33. The molecule has 0 radical (unpaired) electrons. The SMILES string of the molecule is CCCCCCCCN(CC)CCCCCCCCCCCCCc1ccccc1. The molecule has 1 heteroatoms. The monoisotopic (exact) mass is 415 g/mol. The van der Waals surface area contributed by atoms with Crippen LogP contribution in [0.15, 0.2) is 30.3 Å². The molecule has 0 amide bonds. The molecule has 0 aliphatic carbocycles. The minimum Gasteiger partial charge on any atom is -0.304 e. The summed E-state index contributed by atoms with van der Waals surface area (Å²) in [5, 5.41) is 0. The minimum absolute atomic E-state index is 1.24. The number of hydrogen-bond donors (Lipinski definition) is 0. The van der Waals surface area contributed by atoms with E-state index >= 15 is 0 Å². The number of hydrogen-bond acceptors (Lipinski definition) is 1. The lowest BCUT2D eigenvalue weighted by molar-refractivity contribution is 0.273. The van der Waals surface area contributed by atoms with Gasteiger partial charge in [0.1, 0.15) is 0 Å². The summed E-state index contributed by atoms with van der Waals surface area (Å²) in [6.07, 6.45) is 25.5. The quantitative estimate of drug-likeness (QED) is 0.171. The molecule has 0 aliphatic rings. The van der Waals surface area contributed by atoms with Gasteiger partial charge >= 0.3 is 0 Å². The number of nitrogens with zero attached hydrogens (tertiary/aromatic N) is 1. The normalized spacial score (nSPS) is 11.4. The Morgan fingerprint density at radius 2 is 0.933 bits per heavy atom. The van der Waals surface area contributed by atoms with Gasteiger partial charge in [0.25, 0.3) is 0 Å². The van der Waals surface area contributed by atoms with Gasteiger partial charge in [0.2, 0.25) is 0 Å². The minimum atomic E-state index is 1.24. The molecule has 0 N–H and O–H groups in total. The Morgan fingerprint density at radius 1 is 0.500 bits per heavy atom. The highest BCUT2D eigenvalue weighted by molar-refractivity contribution is 5.14. The topological polar surface area (TPSA) is 3.24 Å². The maximum absolute atomic E-state index is 2.68. The van der Waals surface area contributed by atoms with Gasteiger partial charge in [0.15, 0.2) is 0 Å². The third kappa shape index (κ3) is 16.9. The fourth-order valence-corrected chi connectivity index (χ4v) is 4.44. The maximum atomic E-state index is 2.68. The van der Waals surface area contributed by atoms with Gasteiger partial charge < -0.3 is 4.90 Å². The van der Waals surface area contributed by atoms with E-state index in [0.717, 1.165) is 0 Å². The Labute approximate surface area is 190 Å². The first-order valence-corrected chi connectivity index (χ1v) is 13.6. The molecule has 0 bridgehead atoms. The Kier molecular flexibility index (Phi) is 19.4. The van der Waals surface area contributed by atoms with Gasteiger partial charge in [-0.3, -0.25) is 0 Å². The third-order valence-corrected chi connectivity index (χ3v) is 6.56. The summed E-state index contributed by atoms with van der Waals surface area (Å²) in [7, 11) is 0. The molecule has 0 saturated heterocycles. The molecule has 174 valence electrons. The van der Waals surface area contributed by atoms with Gasteiger partial charge in [-0.25, -0.2) is 0 Å². The van der Waals surface area contributed by atoms with Gasteiger partial charge in [-0.05, 0) is 50.9 Å². The predicted molar refractivity (Wildman–Crippen MR) is 136 cm³/mol. The van der Waals surface area contributed by atoms with Crippen molar-refractivity contribution in [3.8, 4) is 0 Å². The van der Waals surface area contributed by atoms with Crippen LogP contribution in [0.2, 0.25) is 0 Å². The van der Waals surface area contributed by atoms with Gasteiger partial charge in [0.05, 0.1) is 0 Å². The van der Waals surface area contributed by atoms with E-state index in [1.54, 1.807) is 0 Å². The number of unbranched alkanes of at least 4 members (excludes halogenated alkanes) is 15. The third-order valence-electron chi connectivity index (χ3n) is 6.56. The van der Waals surface area contributed by atoms with Crippen LogP contribution in [0.25, 0.3) is 0 Å². The van der Waals surface area contributed by atoms with Crippen molar-refractivity contribution in [3.05, 3.63) is 35.9 Å². The fraction of sp³-hybridized carbons (Fsp3) is 0.793. The zero-order valence-electron chi connectivity index (χ0n) is 20.7. The van der Waals surface area contributed by atoms with E-state index in [2.05, 4.69) is 49.1 Å². The summed E-state index contributed by atoms with van der Waals surface area (Å²) in [6, 6.07) is 10.9. The lowest BCUT2D eigenvalue weighted by atomic mass is 10.0. The van der Waals surface area contributed by atoms with Crippen LogP contribution in [0, 0.1) is 0 Å². The zero-order valence-corrected chi connectivity index (χ0v) is 20.7. The van der Waals surface area contributed by atoms with Crippen molar-refractivity contribution in [2.75, 3.05) is 19.6 Å².